The summed E-state index contributed by atoms with van der Waals surface area (Å²) in [4.78, 5) is 39.6. The van der Waals surface area contributed by atoms with E-state index in [2.05, 4.69) is 29.6 Å². The Balaban J connectivity index is 1.28. The Morgan fingerprint density at radius 1 is 1.00 bits per heavy atom. The molecule has 1 saturated heterocycles. The average Bonchev–Trinajstić information content (AvgIpc) is 3.59. The van der Waals surface area contributed by atoms with Gasteiger partial charge in [0.15, 0.2) is 0 Å². The number of aliphatic carboxylic acids is 1. The van der Waals surface area contributed by atoms with Crippen LogP contribution >= 0.6 is 0 Å². The first kappa shape index (κ1) is 23.4. The fourth-order valence-corrected chi connectivity index (χ4v) is 5.92. The second kappa shape index (κ2) is 9.34. The Kier molecular flexibility index (Phi) is 6.23. The first-order valence-electron chi connectivity index (χ1n) is 12.1. The van der Waals surface area contributed by atoms with E-state index < -0.39 is 29.6 Å². The highest BCUT2D eigenvalue weighted by molar-refractivity contribution is 5.91. The Morgan fingerprint density at radius 3 is 2.14 bits per heavy atom. The van der Waals surface area contributed by atoms with Crippen molar-refractivity contribution in [3.63, 3.8) is 0 Å². The van der Waals surface area contributed by atoms with Crippen LogP contribution in [-0.2, 0) is 19.1 Å². The van der Waals surface area contributed by atoms with Crippen LogP contribution in [0.15, 0.2) is 48.5 Å². The lowest BCUT2D eigenvalue weighted by molar-refractivity contribution is -0.144. The molecule has 0 aromatic heterocycles. The molecule has 1 heterocycles. The summed E-state index contributed by atoms with van der Waals surface area (Å²) in [5, 5.41) is 12.4. The molecular weight excluding hydrogens is 448 g/mol. The van der Waals surface area contributed by atoms with Crippen molar-refractivity contribution >= 4 is 18.0 Å². The number of carbonyl (C=O) groups excluding carboxylic acids is 2. The Hall–Kier alpha value is -3.39. The van der Waals surface area contributed by atoms with Crippen molar-refractivity contribution in [1.29, 1.82) is 0 Å². The van der Waals surface area contributed by atoms with E-state index >= 15 is 0 Å². The number of methoxy groups -OCH3 is 1. The molecule has 8 nitrogen and oxygen atoms in total. The lowest BCUT2D eigenvalue weighted by atomic mass is 9.95. The molecule has 8 heteroatoms. The number of rotatable bonds is 6. The largest absolute Gasteiger partial charge is 0.481 e. The number of carbonyl (C=O) groups is 3. The van der Waals surface area contributed by atoms with E-state index in [1.807, 2.05) is 24.3 Å². The molecule has 2 amide bonds. The van der Waals surface area contributed by atoms with Crippen molar-refractivity contribution in [3.8, 4) is 11.1 Å². The number of hydrogen-bond acceptors (Lipinski definition) is 5. The van der Waals surface area contributed by atoms with E-state index in [1.54, 1.807) is 0 Å². The number of ether oxygens (including phenoxy) is 2. The number of nitrogens with one attached hydrogen (secondary N) is 1. The van der Waals surface area contributed by atoms with Crippen LogP contribution in [0.3, 0.4) is 0 Å². The summed E-state index contributed by atoms with van der Waals surface area (Å²) in [6.07, 6.45) is 1.42. The second-order valence-corrected chi connectivity index (χ2v) is 9.67. The van der Waals surface area contributed by atoms with Gasteiger partial charge in [0.2, 0.25) is 5.91 Å². The van der Waals surface area contributed by atoms with Gasteiger partial charge in [-0.25, -0.2) is 4.79 Å². The van der Waals surface area contributed by atoms with Crippen molar-refractivity contribution in [3.05, 3.63) is 59.7 Å². The maximum atomic E-state index is 13.5. The summed E-state index contributed by atoms with van der Waals surface area (Å²) in [6, 6.07) is 16.2. The quantitative estimate of drug-likeness (QED) is 0.659. The van der Waals surface area contributed by atoms with Crippen LogP contribution in [0, 0.1) is 5.92 Å². The van der Waals surface area contributed by atoms with Gasteiger partial charge >= 0.3 is 12.1 Å². The van der Waals surface area contributed by atoms with Gasteiger partial charge in [0, 0.05) is 26.1 Å². The number of likely N-dealkylation sites (tertiary alicyclic amines) is 1. The van der Waals surface area contributed by atoms with Crippen molar-refractivity contribution in [2.45, 2.75) is 43.2 Å². The Morgan fingerprint density at radius 2 is 1.60 bits per heavy atom. The SMILES string of the molecule is COC1CN(C(=O)C2(NC(=O)OCC3c4ccccc4-c4ccccc43)CCCC2)CC1C(=O)O. The third kappa shape index (κ3) is 4.16. The number of amides is 2. The van der Waals surface area contributed by atoms with Gasteiger partial charge < -0.3 is 24.8 Å². The summed E-state index contributed by atoms with van der Waals surface area (Å²) in [5.74, 6) is -2.09. The number of benzene rings is 2. The molecule has 184 valence electrons. The average molecular weight is 479 g/mol. The summed E-state index contributed by atoms with van der Waals surface area (Å²) < 4.78 is 11.0. The van der Waals surface area contributed by atoms with Gasteiger partial charge in [-0.3, -0.25) is 9.59 Å². The van der Waals surface area contributed by atoms with Crippen molar-refractivity contribution in [2.75, 3.05) is 26.8 Å². The molecule has 35 heavy (non-hydrogen) atoms. The molecular formula is C27H30N2O6. The standard InChI is InChI=1S/C27H30N2O6/c1-34-23-15-29(14-21(23)24(30)31)25(32)27(12-6-7-13-27)28-26(33)35-16-22-19-10-4-2-8-17(19)18-9-3-5-11-20(18)22/h2-5,8-11,21-23H,6-7,12-16H2,1H3,(H,28,33)(H,30,31). The lowest BCUT2D eigenvalue weighted by Crippen LogP contribution is -2.58. The fraction of sp³-hybridized carbons (Fsp3) is 0.444. The monoisotopic (exact) mass is 478 g/mol. The predicted octanol–water partition coefficient (Wildman–Crippen LogP) is 3.40. The molecule has 0 radical (unpaired) electrons. The van der Waals surface area contributed by atoms with E-state index in [1.165, 1.54) is 12.0 Å². The summed E-state index contributed by atoms with van der Waals surface area (Å²) >= 11 is 0. The molecule has 2 aromatic rings. The van der Waals surface area contributed by atoms with Crippen LogP contribution in [0.1, 0.15) is 42.7 Å². The maximum absolute atomic E-state index is 13.5. The molecule has 2 N–H and O–H groups in total. The summed E-state index contributed by atoms with van der Waals surface area (Å²) in [7, 11) is 1.45. The number of fused-ring (bicyclic) bond motifs is 3. The molecule has 1 saturated carbocycles. The van der Waals surface area contributed by atoms with Crippen molar-refractivity contribution in [1.82, 2.24) is 10.2 Å². The molecule has 3 aliphatic rings. The molecule has 0 bridgehead atoms. The minimum atomic E-state index is -1.08. The highest BCUT2D eigenvalue weighted by Gasteiger charge is 2.49. The number of carboxylic acid groups (broad SMARTS) is 1. The lowest BCUT2D eigenvalue weighted by Gasteiger charge is -2.33. The third-order valence-corrected chi connectivity index (χ3v) is 7.72. The molecule has 0 spiro atoms. The van der Waals surface area contributed by atoms with E-state index in [-0.39, 0.29) is 31.5 Å². The van der Waals surface area contributed by atoms with Crippen LogP contribution in [0.2, 0.25) is 0 Å². The zero-order chi connectivity index (χ0) is 24.6. The number of hydrogen-bond donors (Lipinski definition) is 2. The fourth-order valence-electron chi connectivity index (χ4n) is 5.92. The second-order valence-electron chi connectivity index (χ2n) is 9.67. The molecule has 2 unspecified atom stereocenters. The Labute approximate surface area is 204 Å². The third-order valence-electron chi connectivity index (χ3n) is 7.72. The molecule has 2 aliphatic carbocycles. The van der Waals surface area contributed by atoms with E-state index in [0.29, 0.717) is 12.8 Å². The normalized spacial score (nSPS) is 22.5. The zero-order valence-corrected chi connectivity index (χ0v) is 19.7. The minimum Gasteiger partial charge on any atom is -0.481 e. The highest BCUT2D eigenvalue weighted by atomic mass is 16.5. The topological polar surface area (TPSA) is 105 Å². The number of nitrogens with zero attached hydrogens (tertiary/aromatic N) is 1. The highest BCUT2D eigenvalue weighted by Crippen LogP contribution is 2.44. The van der Waals surface area contributed by atoms with Crippen molar-refractivity contribution < 1.29 is 29.0 Å². The molecule has 2 aromatic carbocycles. The zero-order valence-electron chi connectivity index (χ0n) is 19.7. The molecule has 2 atom stereocenters. The van der Waals surface area contributed by atoms with E-state index in [9.17, 15) is 19.5 Å². The number of carboxylic acids is 1. The predicted molar refractivity (Wildman–Crippen MR) is 128 cm³/mol. The Bertz CT molecular complexity index is 1100. The molecule has 5 rings (SSSR count). The van der Waals surface area contributed by atoms with Gasteiger partial charge in [-0.1, -0.05) is 61.4 Å². The smallest absolute Gasteiger partial charge is 0.408 e. The van der Waals surface area contributed by atoms with Crippen LogP contribution < -0.4 is 5.32 Å². The first-order chi connectivity index (χ1) is 16.9. The van der Waals surface area contributed by atoms with Gasteiger partial charge in [0.25, 0.3) is 0 Å². The van der Waals surface area contributed by atoms with Crippen LogP contribution in [-0.4, -0.2) is 66.4 Å². The van der Waals surface area contributed by atoms with Gasteiger partial charge in [0.05, 0.1) is 6.10 Å². The van der Waals surface area contributed by atoms with Crippen molar-refractivity contribution in [2.24, 2.45) is 5.92 Å². The molecule has 2 fully saturated rings. The van der Waals surface area contributed by atoms with Gasteiger partial charge in [-0.15, -0.1) is 0 Å². The number of alkyl carbamates (subject to hydrolysis) is 1. The van der Waals surface area contributed by atoms with Gasteiger partial charge in [-0.2, -0.15) is 0 Å². The molecule has 1 aliphatic heterocycles. The van der Waals surface area contributed by atoms with E-state index in [0.717, 1.165) is 35.1 Å². The van der Waals surface area contributed by atoms with Gasteiger partial charge in [0.1, 0.15) is 18.1 Å². The van der Waals surface area contributed by atoms with Crippen LogP contribution in [0.4, 0.5) is 4.79 Å². The van der Waals surface area contributed by atoms with Gasteiger partial charge in [-0.05, 0) is 35.1 Å². The summed E-state index contributed by atoms with van der Waals surface area (Å²) in [6.45, 7) is 0.432. The summed E-state index contributed by atoms with van der Waals surface area (Å²) in [5.41, 5.74) is 3.46. The van der Waals surface area contributed by atoms with E-state index in [4.69, 9.17) is 9.47 Å². The van der Waals surface area contributed by atoms with Crippen LogP contribution in [0.5, 0.6) is 0 Å². The minimum absolute atomic E-state index is 0.0688. The first-order valence-corrected chi connectivity index (χ1v) is 12.1. The maximum Gasteiger partial charge on any atom is 0.408 e. The van der Waals surface area contributed by atoms with Crippen LogP contribution in [0.25, 0.3) is 11.1 Å².